The van der Waals surface area contributed by atoms with Gasteiger partial charge >= 0.3 is 0 Å². The van der Waals surface area contributed by atoms with Gasteiger partial charge in [0.25, 0.3) is 5.91 Å². The molecule has 0 aliphatic carbocycles. The molecule has 0 atom stereocenters. The SMILES string of the molecule is O=C(N/N=C(\C=N\O)c1ccccc1)c1ccccc1. The molecule has 2 aromatic carbocycles. The first-order chi connectivity index (χ1) is 9.81. The number of hydrogen-bond acceptors (Lipinski definition) is 4. The summed E-state index contributed by atoms with van der Waals surface area (Å²) in [7, 11) is 0. The van der Waals surface area contributed by atoms with Crippen molar-refractivity contribution in [1.82, 2.24) is 5.43 Å². The molecule has 0 radical (unpaired) electrons. The van der Waals surface area contributed by atoms with Crippen LogP contribution in [0.2, 0.25) is 0 Å². The fourth-order valence-electron chi connectivity index (χ4n) is 1.60. The molecular formula is C15H13N3O2. The van der Waals surface area contributed by atoms with Crippen molar-refractivity contribution in [1.29, 1.82) is 0 Å². The summed E-state index contributed by atoms with van der Waals surface area (Å²) in [5.41, 5.74) is 4.03. The van der Waals surface area contributed by atoms with Crippen LogP contribution in [0.5, 0.6) is 0 Å². The van der Waals surface area contributed by atoms with Crippen LogP contribution in [0.25, 0.3) is 0 Å². The Morgan fingerprint density at radius 2 is 1.50 bits per heavy atom. The molecule has 5 nitrogen and oxygen atoms in total. The Kier molecular flexibility index (Phi) is 4.61. The summed E-state index contributed by atoms with van der Waals surface area (Å²) >= 11 is 0. The summed E-state index contributed by atoms with van der Waals surface area (Å²) < 4.78 is 0. The van der Waals surface area contributed by atoms with Crippen LogP contribution in [-0.2, 0) is 0 Å². The van der Waals surface area contributed by atoms with Crippen LogP contribution in [0.3, 0.4) is 0 Å². The van der Waals surface area contributed by atoms with E-state index in [1.54, 1.807) is 36.4 Å². The van der Waals surface area contributed by atoms with E-state index in [1.165, 1.54) is 6.21 Å². The van der Waals surface area contributed by atoms with E-state index in [4.69, 9.17) is 5.21 Å². The largest absolute Gasteiger partial charge is 0.411 e. The van der Waals surface area contributed by atoms with Gasteiger partial charge in [0.15, 0.2) is 0 Å². The lowest BCUT2D eigenvalue weighted by Crippen LogP contribution is -2.20. The molecule has 0 unspecified atom stereocenters. The van der Waals surface area contributed by atoms with E-state index < -0.39 is 0 Å². The normalized spacial score (nSPS) is 11.5. The van der Waals surface area contributed by atoms with E-state index >= 15 is 0 Å². The van der Waals surface area contributed by atoms with Crippen LogP contribution < -0.4 is 5.43 Å². The molecule has 0 saturated heterocycles. The van der Waals surface area contributed by atoms with Crippen LogP contribution in [0.4, 0.5) is 0 Å². The van der Waals surface area contributed by atoms with Gasteiger partial charge in [-0.15, -0.1) is 0 Å². The van der Waals surface area contributed by atoms with Gasteiger partial charge in [0.05, 0.1) is 6.21 Å². The molecule has 100 valence electrons. The van der Waals surface area contributed by atoms with Crippen LogP contribution in [0.15, 0.2) is 70.9 Å². The number of hydrazone groups is 1. The predicted octanol–water partition coefficient (Wildman–Crippen LogP) is 2.28. The monoisotopic (exact) mass is 267 g/mol. The number of rotatable bonds is 4. The number of oxime groups is 1. The first-order valence-electron chi connectivity index (χ1n) is 5.97. The van der Waals surface area contributed by atoms with E-state index in [0.29, 0.717) is 11.3 Å². The van der Waals surface area contributed by atoms with Crippen molar-refractivity contribution in [3.8, 4) is 0 Å². The maximum absolute atomic E-state index is 11.9. The summed E-state index contributed by atoms with van der Waals surface area (Å²) in [5.74, 6) is -0.328. The van der Waals surface area contributed by atoms with Crippen molar-refractivity contribution in [2.45, 2.75) is 0 Å². The second-order valence-corrected chi connectivity index (χ2v) is 3.91. The third-order valence-corrected chi connectivity index (χ3v) is 2.56. The molecular weight excluding hydrogens is 254 g/mol. The number of amides is 1. The molecule has 0 saturated carbocycles. The van der Waals surface area contributed by atoms with E-state index in [9.17, 15) is 4.79 Å². The molecule has 1 amide bonds. The Labute approximate surface area is 116 Å². The number of nitrogens with zero attached hydrogens (tertiary/aromatic N) is 2. The zero-order chi connectivity index (χ0) is 14.2. The number of hydrogen-bond donors (Lipinski definition) is 2. The summed E-state index contributed by atoms with van der Waals surface area (Å²) in [6.45, 7) is 0. The lowest BCUT2D eigenvalue weighted by atomic mass is 10.1. The Morgan fingerprint density at radius 3 is 2.05 bits per heavy atom. The maximum atomic E-state index is 11.9. The highest BCUT2D eigenvalue weighted by molar-refractivity contribution is 6.38. The van der Waals surface area contributed by atoms with Crippen molar-refractivity contribution in [2.24, 2.45) is 10.3 Å². The average molecular weight is 267 g/mol. The fraction of sp³-hybridized carbons (Fsp3) is 0. The van der Waals surface area contributed by atoms with E-state index in [0.717, 1.165) is 5.56 Å². The van der Waals surface area contributed by atoms with Gasteiger partial charge in [-0.1, -0.05) is 53.7 Å². The molecule has 0 aromatic heterocycles. The second kappa shape index (κ2) is 6.84. The predicted molar refractivity (Wildman–Crippen MR) is 77.2 cm³/mol. The smallest absolute Gasteiger partial charge is 0.271 e. The van der Waals surface area contributed by atoms with Crippen molar-refractivity contribution < 1.29 is 10.0 Å². The first-order valence-corrected chi connectivity index (χ1v) is 5.97. The number of carbonyl (C=O) groups excluding carboxylic acids is 1. The summed E-state index contributed by atoms with van der Waals surface area (Å²) in [5, 5.41) is 15.6. The molecule has 2 aromatic rings. The topological polar surface area (TPSA) is 74.0 Å². The van der Waals surface area contributed by atoms with Gasteiger partial charge < -0.3 is 5.21 Å². The second-order valence-electron chi connectivity index (χ2n) is 3.91. The number of carbonyl (C=O) groups is 1. The standard InChI is InChI=1S/C15H13N3O2/c19-15(13-9-5-2-6-10-13)18-17-14(11-16-20)12-7-3-1-4-8-12/h1-11,20H,(H,18,19)/b16-11+,17-14+. The Balaban J connectivity index is 2.17. The van der Waals surface area contributed by atoms with Crippen LogP contribution in [0.1, 0.15) is 15.9 Å². The molecule has 0 bridgehead atoms. The minimum Gasteiger partial charge on any atom is -0.411 e. The molecule has 0 spiro atoms. The summed E-state index contributed by atoms with van der Waals surface area (Å²) in [6.07, 6.45) is 1.17. The lowest BCUT2D eigenvalue weighted by Gasteiger charge is -2.02. The maximum Gasteiger partial charge on any atom is 0.271 e. The van der Waals surface area contributed by atoms with Gasteiger partial charge in [0.2, 0.25) is 0 Å². The van der Waals surface area contributed by atoms with Crippen molar-refractivity contribution in [3.05, 3.63) is 71.8 Å². The molecule has 2 rings (SSSR count). The Bertz CT molecular complexity index is 622. The lowest BCUT2D eigenvalue weighted by molar-refractivity contribution is 0.0955. The summed E-state index contributed by atoms with van der Waals surface area (Å²) in [6, 6.07) is 17.9. The summed E-state index contributed by atoms with van der Waals surface area (Å²) in [4.78, 5) is 11.9. The van der Waals surface area contributed by atoms with Gasteiger partial charge in [0, 0.05) is 11.1 Å². The minimum absolute atomic E-state index is 0.328. The van der Waals surface area contributed by atoms with Crippen molar-refractivity contribution >= 4 is 17.8 Å². The van der Waals surface area contributed by atoms with Gasteiger partial charge in [-0.2, -0.15) is 5.10 Å². The molecule has 0 fully saturated rings. The molecule has 0 aliphatic heterocycles. The molecule has 5 heteroatoms. The first kappa shape index (κ1) is 13.5. The van der Waals surface area contributed by atoms with Gasteiger partial charge in [-0.3, -0.25) is 4.79 Å². The fourth-order valence-corrected chi connectivity index (χ4v) is 1.60. The zero-order valence-electron chi connectivity index (χ0n) is 10.6. The highest BCUT2D eigenvalue weighted by Crippen LogP contribution is 2.01. The quantitative estimate of drug-likeness (QED) is 0.506. The molecule has 2 N–H and O–H groups in total. The van der Waals surface area contributed by atoms with Crippen LogP contribution >= 0.6 is 0 Å². The van der Waals surface area contributed by atoms with Crippen LogP contribution in [0, 0.1) is 0 Å². The average Bonchev–Trinajstić information content (AvgIpc) is 2.53. The Hall–Kier alpha value is -2.95. The van der Waals surface area contributed by atoms with Gasteiger partial charge in [-0.05, 0) is 12.1 Å². The molecule has 0 heterocycles. The van der Waals surface area contributed by atoms with Crippen molar-refractivity contribution in [2.75, 3.05) is 0 Å². The zero-order valence-corrected chi connectivity index (χ0v) is 10.6. The highest BCUT2D eigenvalue weighted by Gasteiger charge is 2.05. The number of nitrogens with one attached hydrogen (secondary N) is 1. The van der Waals surface area contributed by atoms with E-state index in [2.05, 4.69) is 15.7 Å². The van der Waals surface area contributed by atoms with Crippen LogP contribution in [-0.4, -0.2) is 23.0 Å². The van der Waals surface area contributed by atoms with Crippen molar-refractivity contribution in [3.63, 3.8) is 0 Å². The number of benzene rings is 2. The van der Waals surface area contributed by atoms with Gasteiger partial charge in [-0.25, -0.2) is 5.43 Å². The third kappa shape index (κ3) is 3.52. The van der Waals surface area contributed by atoms with E-state index in [-0.39, 0.29) is 5.91 Å². The van der Waals surface area contributed by atoms with Gasteiger partial charge in [0.1, 0.15) is 5.71 Å². The highest BCUT2D eigenvalue weighted by atomic mass is 16.4. The van der Waals surface area contributed by atoms with E-state index in [1.807, 2.05) is 24.3 Å². The Morgan fingerprint density at radius 1 is 0.950 bits per heavy atom. The molecule has 20 heavy (non-hydrogen) atoms. The molecule has 0 aliphatic rings. The minimum atomic E-state index is -0.328. The third-order valence-electron chi connectivity index (χ3n) is 2.56.